The largest absolute Gasteiger partial charge is 0.352 e. The molecule has 2 saturated heterocycles. The number of rotatable bonds is 6. The predicted octanol–water partition coefficient (Wildman–Crippen LogP) is -0.557. The molecule has 3 rings (SSSR count). The number of carbonyl (C=O) groups is 2. The van der Waals surface area contributed by atoms with E-state index in [1.165, 1.54) is 8.61 Å². The van der Waals surface area contributed by atoms with Crippen molar-refractivity contribution in [2.24, 2.45) is 0 Å². The quantitative estimate of drug-likeness (QED) is 0.662. The molecule has 2 aliphatic heterocycles. The predicted molar refractivity (Wildman–Crippen MR) is 110 cm³/mol. The highest BCUT2D eigenvalue weighted by Gasteiger charge is 2.34. The van der Waals surface area contributed by atoms with Crippen LogP contribution >= 0.6 is 0 Å². The summed E-state index contributed by atoms with van der Waals surface area (Å²) < 4.78 is 28.6. The summed E-state index contributed by atoms with van der Waals surface area (Å²) in [7, 11) is -1.49. The van der Waals surface area contributed by atoms with Crippen LogP contribution in [-0.2, 0) is 15.0 Å². The van der Waals surface area contributed by atoms with Gasteiger partial charge >= 0.3 is 0 Å². The van der Waals surface area contributed by atoms with E-state index < -0.39 is 10.2 Å². The van der Waals surface area contributed by atoms with Gasteiger partial charge in [-0.2, -0.15) is 17.0 Å². The van der Waals surface area contributed by atoms with Gasteiger partial charge in [-0.1, -0.05) is 18.2 Å². The third-order valence-electron chi connectivity index (χ3n) is 5.37. The molecule has 2 aliphatic rings. The summed E-state index contributed by atoms with van der Waals surface area (Å²) in [5.74, 6) is -0.281. The van der Waals surface area contributed by atoms with Gasteiger partial charge in [0.05, 0.1) is 0 Å². The number of hydrogen-bond acceptors (Lipinski definition) is 5. The van der Waals surface area contributed by atoms with Gasteiger partial charge < -0.3 is 15.1 Å². The summed E-state index contributed by atoms with van der Waals surface area (Å²) >= 11 is 0. The molecule has 2 fully saturated rings. The number of amides is 2. The Morgan fingerprint density at radius 3 is 2.03 bits per heavy atom. The van der Waals surface area contributed by atoms with Crippen molar-refractivity contribution in [3.63, 3.8) is 0 Å². The SMILES string of the molecule is CN1CCN(S(=O)(=O)N2CCN(C(=O)CCNC(=O)c3ccccc3)CC2)CC1. The van der Waals surface area contributed by atoms with Gasteiger partial charge in [-0.05, 0) is 19.2 Å². The van der Waals surface area contributed by atoms with E-state index in [4.69, 9.17) is 0 Å². The van der Waals surface area contributed by atoms with Crippen LogP contribution in [0.25, 0.3) is 0 Å². The lowest BCUT2D eigenvalue weighted by molar-refractivity contribution is -0.132. The van der Waals surface area contributed by atoms with Gasteiger partial charge in [-0.15, -0.1) is 0 Å². The summed E-state index contributed by atoms with van der Waals surface area (Å²) in [6.45, 7) is 4.06. The molecule has 0 bridgehead atoms. The van der Waals surface area contributed by atoms with Crippen molar-refractivity contribution in [1.29, 1.82) is 0 Å². The monoisotopic (exact) mass is 423 g/mol. The van der Waals surface area contributed by atoms with E-state index in [-0.39, 0.29) is 24.8 Å². The van der Waals surface area contributed by atoms with Crippen molar-refractivity contribution in [2.75, 3.05) is 66.0 Å². The van der Waals surface area contributed by atoms with Gasteiger partial charge in [0, 0.05) is 70.9 Å². The van der Waals surface area contributed by atoms with Crippen molar-refractivity contribution < 1.29 is 18.0 Å². The fourth-order valence-electron chi connectivity index (χ4n) is 3.48. The number of piperazine rings is 2. The first-order chi connectivity index (χ1) is 13.9. The topological polar surface area (TPSA) is 93.3 Å². The second kappa shape index (κ2) is 9.66. The maximum atomic E-state index is 12.8. The Morgan fingerprint density at radius 1 is 0.897 bits per heavy atom. The molecule has 10 heteroatoms. The van der Waals surface area contributed by atoms with E-state index in [0.29, 0.717) is 44.8 Å². The van der Waals surface area contributed by atoms with Crippen molar-refractivity contribution >= 4 is 22.0 Å². The molecular weight excluding hydrogens is 394 g/mol. The van der Waals surface area contributed by atoms with Crippen molar-refractivity contribution in [3.05, 3.63) is 35.9 Å². The molecule has 1 aromatic carbocycles. The van der Waals surface area contributed by atoms with Crippen LogP contribution in [0.5, 0.6) is 0 Å². The molecule has 2 amide bonds. The fraction of sp³-hybridized carbons (Fsp3) is 0.579. The van der Waals surface area contributed by atoms with Crippen molar-refractivity contribution in [3.8, 4) is 0 Å². The zero-order chi connectivity index (χ0) is 20.9. The van der Waals surface area contributed by atoms with Gasteiger partial charge in [0.25, 0.3) is 16.1 Å². The van der Waals surface area contributed by atoms with Crippen LogP contribution in [0.4, 0.5) is 0 Å². The van der Waals surface area contributed by atoms with Crippen LogP contribution in [-0.4, -0.2) is 105 Å². The summed E-state index contributed by atoms with van der Waals surface area (Å²) in [5.41, 5.74) is 0.558. The smallest absolute Gasteiger partial charge is 0.282 e. The van der Waals surface area contributed by atoms with Crippen molar-refractivity contribution in [2.45, 2.75) is 6.42 Å². The van der Waals surface area contributed by atoms with Crippen LogP contribution in [0.2, 0.25) is 0 Å². The second-order valence-corrected chi connectivity index (χ2v) is 9.29. The van der Waals surface area contributed by atoms with E-state index >= 15 is 0 Å². The first-order valence-corrected chi connectivity index (χ1v) is 11.3. The molecule has 1 N–H and O–H groups in total. The van der Waals surface area contributed by atoms with Crippen LogP contribution < -0.4 is 5.32 Å². The maximum absolute atomic E-state index is 12.8. The highest BCUT2D eigenvalue weighted by molar-refractivity contribution is 7.86. The minimum Gasteiger partial charge on any atom is -0.352 e. The standard InChI is InChI=1S/C19H29N5O4S/c1-21-9-13-23(14-10-21)29(27,28)24-15-11-22(12-16-24)18(25)7-8-20-19(26)17-5-3-2-4-6-17/h2-6H,7-16H2,1H3,(H,20,26). The molecule has 0 unspecified atom stereocenters. The highest BCUT2D eigenvalue weighted by atomic mass is 32.2. The number of hydrogen-bond donors (Lipinski definition) is 1. The second-order valence-electron chi connectivity index (χ2n) is 7.36. The average molecular weight is 424 g/mol. The molecule has 0 radical (unpaired) electrons. The highest BCUT2D eigenvalue weighted by Crippen LogP contribution is 2.15. The third-order valence-corrected chi connectivity index (χ3v) is 7.40. The molecule has 0 atom stereocenters. The summed E-state index contributed by atoms with van der Waals surface area (Å²) in [4.78, 5) is 28.2. The van der Waals surface area contributed by atoms with Gasteiger partial charge in [-0.3, -0.25) is 9.59 Å². The Bertz CT molecular complexity index is 801. The van der Waals surface area contributed by atoms with Crippen LogP contribution in [0.1, 0.15) is 16.8 Å². The van der Waals surface area contributed by atoms with Crippen LogP contribution in [0.15, 0.2) is 30.3 Å². The van der Waals surface area contributed by atoms with E-state index in [2.05, 4.69) is 10.2 Å². The minimum atomic E-state index is -3.47. The Hall–Kier alpha value is -2.01. The summed E-state index contributed by atoms with van der Waals surface area (Å²) in [6, 6.07) is 8.85. The molecule has 160 valence electrons. The molecular formula is C19H29N5O4S. The average Bonchev–Trinajstić information content (AvgIpc) is 2.74. The van der Waals surface area contributed by atoms with Gasteiger partial charge in [0.1, 0.15) is 0 Å². The lowest BCUT2D eigenvalue weighted by Gasteiger charge is -2.39. The summed E-state index contributed by atoms with van der Waals surface area (Å²) in [5, 5.41) is 2.75. The van der Waals surface area contributed by atoms with Crippen LogP contribution in [0, 0.1) is 0 Å². The fourth-order valence-corrected chi connectivity index (χ4v) is 5.06. The lowest BCUT2D eigenvalue weighted by Crippen LogP contribution is -2.57. The maximum Gasteiger partial charge on any atom is 0.282 e. The van der Waals surface area contributed by atoms with E-state index in [1.807, 2.05) is 13.1 Å². The van der Waals surface area contributed by atoms with Gasteiger partial charge in [0.2, 0.25) is 5.91 Å². The Morgan fingerprint density at radius 2 is 1.45 bits per heavy atom. The summed E-state index contributed by atoms with van der Waals surface area (Å²) in [6.07, 6.45) is 0.198. The zero-order valence-corrected chi connectivity index (χ0v) is 17.6. The Kier molecular flexibility index (Phi) is 7.23. The van der Waals surface area contributed by atoms with Gasteiger partial charge in [0.15, 0.2) is 0 Å². The molecule has 0 spiro atoms. The normalized spacial score (nSPS) is 19.8. The lowest BCUT2D eigenvalue weighted by atomic mass is 10.2. The van der Waals surface area contributed by atoms with Crippen molar-refractivity contribution in [1.82, 2.24) is 23.7 Å². The Labute approximate surface area is 172 Å². The number of benzene rings is 1. The molecule has 0 aromatic heterocycles. The molecule has 29 heavy (non-hydrogen) atoms. The van der Waals surface area contributed by atoms with Crippen LogP contribution in [0.3, 0.4) is 0 Å². The zero-order valence-electron chi connectivity index (χ0n) is 16.8. The minimum absolute atomic E-state index is 0.0741. The molecule has 2 heterocycles. The first-order valence-electron chi connectivity index (χ1n) is 9.93. The number of nitrogens with zero attached hydrogens (tertiary/aromatic N) is 4. The number of carbonyl (C=O) groups excluding carboxylic acids is 2. The van der Waals surface area contributed by atoms with Gasteiger partial charge in [-0.25, -0.2) is 0 Å². The molecule has 0 saturated carbocycles. The molecule has 0 aliphatic carbocycles. The van der Waals surface area contributed by atoms with E-state index in [1.54, 1.807) is 29.2 Å². The molecule has 9 nitrogen and oxygen atoms in total. The first kappa shape index (κ1) is 21.7. The molecule has 1 aromatic rings. The Balaban J connectivity index is 1.42. The third kappa shape index (κ3) is 5.53. The number of nitrogens with one attached hydrogen (secondary N) is 1. The number of likely N-dealkylation sites (N-methyl/N-ethyl adjacent to an activating group) is 1. The van der Waals surface area contributed by atoms with E-state index in [0.717, 1.165) is 13.1 Å². The van der Waals surface area contributed by atoms with E-state index in [9.17, 15) is 18.0 Å².